The molecule has 1 aromatic rings. The number of nitrogens with one attached hydrogen (secondary N) is 2. The molecule has 2 N–H and O–H groups in total. The normalized spacial score (nSPS) is 16.3. The van der Waals surface area contributed by atoms with Gasteiger partial charge in [0.2, 0.25) is 5.91 Å². The fraction of sp³-hybridized carbons (Fsp3) is 0.611. The van der Waals surface area contributed by atoms with Gasteiger partial charge in [-0.25, -0.2) is 0 Å². The van der Waals surface area contributed by atoms with Gasteiger partial charge in [0.25, 0.3) is 0 Å². The van der Waals surface area contributed by atoms with E-state index in [9.17, 15) is 4.79 Å². The summed E-state index contributed by atoms with van der Waals surface area (Å²) >= 11 is 0. The summed E-state index contributed by atoms with van der Waals surface area (Å²) in [6, 6.07) is 7.95. The highest BCUT2D eigenvalue weighted by molar-refractivity contribution is 5.85. The van der Waals surface area contributed by atoms with Gasteiger partial charge in [0.15, 0.2) is 0 Å². The molecule has 1 aromatic carbocycles. The molecule has 0 spiro atoms. The summed E-state index contributed by atoms with van der Waals surface area (Å²) in [5.41, 5.74) is 1.22. The summed E-state index contributed by atoms with van der Waals surface area (Å²) in [5.74, 6) is 2.12. The van der Waals surface area contributed by atoms with Crippen LogP contribution in [0.15, 0.2) is 24.3 Å². The van der Waals surface area contributed by atoms with E-state index >= 15 is 0 Å². The Balaban J connectivity index is 0.00000264. The second-order valence-electron chi connectivity index (χ2n) is 6.28. The van der Waals surface area contributed by atoms with Crippen LogP contribution in [0.5, 0.6) is 5.75 Å². The molecule has 1 saturated heterocycles. The first-order chi connectivity index (χ1) is 10.6. The van der Waals surface area contributed by atoms with E-state index < -0.39 is 0 Å². The van der Waals surface area contributed by atoms with Gasteiger partial charge in [-0.05, 0) is 56.8 Å². The molecule has 23 heavy (non-hydrogen) atoms. The summed E-state index contributed by atoms with van der Waals surface area (Å²) in [6.07, 6.45) is 2.99. The largest absolute Gasteiger partial charge is 0.492 e. The molecule has 1 aliphatic rings. The molecule has 1 fully saturated rings. The predicted octanol–water partition coefficient (Wildman–Crippen LogP) is 2.94. The number of amides is 1. The quantitative estimate of drug-likeness (QED) is 0.750. The number of ether oxygens (including phenoxy) is 1. The van der Waals surface area contributed by atoms with Crippen molar-refractivity contribution >= 4 is 18.3 Å². The van der Waals surface area contributed by atoms with Crippen LogP contribution in [0.25, 0.3) is 0 Å². The lowest BCUT2D eigenvalue weighted by Gasteiger charge is -2.27. The lowest BCUT2D eigenvalue weighted by Crippen LogP contribution is -2.34. The van der Waals surface area contributed by atoms with Gasteiger partial charge in [0.1, 0.15) is 12.4 Å². The van der Waals surface area contributed by atoms with Gasteiger partial charge in [-0.2, -0.15) is 0 Å². The van der Waals surface area contributed by atoms with Gasteiger partial charge in [-0.15, -0.1) is 12.4 Å². The minimum atomic E-state index is 0. The van der Waals surface area contributed by atoms with Crippen LogP contribution in [-0.2, 0) is 4.79 Å². The summed E-state index contributed by atoms with van der Waals surface area (Å²) in [4.78, 5) is 12.0. The Bertz CT molecular complexity index is 459. The van der Waals surface area contributed by atoms with E-state index in [-0.39, 0.29) is 18.3 Å². The Morgan fingerprint density at radius 1 is 1.30 bits per heavy atom. The van der Waals surface area contributed by atoms with E-state index in [4.69, 9.17) is 4.74 Å². The van der Waals surface area contributed by atoms with Gasteiger partial charge in [-0.3, -0.25) is 4.79 Å². The van der Waals surface area contributed by atoms with Gasteiger partial charge >= 0.3 is 0 Å². The number of aryl methyl sites for hydroxylation is 1. The molecule has 0 radical (unpaired) electrons. The molecule has 1 heterocycles. The smallest absolute Gasteiger partial charge is 0.220 e. The molecule has 0 saturated carbocycles. The van der Waals surface area contributed by atoms with Gasteiger partial charge in [-0.1, -0.05) is 24.6 Å². The number of rotatable bonds is 7. The molecule has 1 atom stereocenters. The maximum absolute atomic E-state index is 12.0. The van der Waals surface area contributed by atoms with Crippen molar-refractivity contribution in [2.45, 2.75) is 33.1 Å². The van der Waals surface area contributed by atoms with E-state index in [1.807, 2.05) is 31.2 Å². The van der Waals surface area contributed by atoms with Crippen LogP contribution in [0.4, 0.5) is 0 Å². The molecule has 4 nitrogen and oxygen atoms in total. The standard InChI is InChI=1S/C18H28N2O2.ClH/c1-14-3-5-17(6-4-14)22-12-11-20-18(21)13-15(2)16-7-9-19-10-8-16;/h3-6,15-16,19H,7-13H2,1-2H3,(H,20,21);1H. The van der Waals surface area contributed by atoms with E-state index in [0.717, 1.165) is 18.8 Å². The molecule has 5 heteroatoms. The monoisotopic (exact) mass is 340 g/mol. The zero-order valence-corrected chi connectivity index (χ0v) is 15.0. The van der Waals surface area contributed by atoms with Crippen molar-refractivity contribution in [1.29, 1.82) is 0 Å². The van der Waals surface area contributed by atoms with Crippen LogP contribution in [0.1, 0.15) is 31.7 Å². The lowest BCUT2D eigenvalue weighted by molar-refractivity contribution is -0.122. The molecule has 1 unspecified atom stereocenters. The second-order valence-corrected chi connectivity index (χ2v) is 6.28. The van der Waals surface area contributed by atoms with Crippen LogP contribution < -0.4 is 15.4 Å². The number of benzene rings is 1. The molecule has 0 aliphatic carbocycles. The third-order valence-corrected chi connectivity index (χ3v) is 4.41. The first kappa shape index (κ1) is 19.8. The topological polar surface area (TPSA) is 50.4 Å². The maximum atomic E-state index is 12.0. The van der Waals surface area contributed by atoms with Crippen LogP contribution in [0.2, 0.25) is 0 Å². The van der Waals surface area contributed by atoms with Gasteiger partial charge in [0.05, 0.1) is 6.54 Å². The highest BCUT2D eigenvalue weighted by Gasteiger charge is 2.21. The number of hydrogen-bond donors (Lipinski definition) is 2. The first-order valence-electron chi connectivity index (χ1n) is 8.32. The molecular formula is C18H29ClN2O2. The number of carbonyl (C=O) groups excluding carboxylic acids is 1. The van der Waals surface area contributed by atoms with Crippen LogP contribution in [0.3, 0.4) is 0 Å². The van der Waals surface area contributed by atoms with Crippen molar-refractivity contribution in [3.8, 4) is 5.75 Å². The Labute approximate surface area is 145 Å². The molecule has 0 aromatic heterocycles. The molecule has 1 aliphatic heterocycles. The Hall–Kier alpha value is -1.26. The molecule has 1 amide bonds. The maximum Gasteiger partial charge on any atom is 0.220 e. The first-order valence-corrected chi connectivity index (χ1v) is 8.32. The number of halogens is 1. The molecule has 130 valence electrons. The Morgan fingerprint density at radius 2 is 1.96 bits per heavy atom. The van der Waals surface area contributed by atoms with Crippen LogP contribution >= 0.6 is 12.4 Å². The Kier molecular flexibility index (Phi) is 9.03. The highest BCUT2D eigenvalue weighted by Crippen LogP contribution is 2.24. The third-order valence-electron chi connectivity index (χ3n) is 4.41. The minimum Gasteiger partial charge on any atom is -0.492 e. The number of carbonyl (C=O) groups is 1. The summed E-state index contributed by atoms with van der Waals surface area (Å²) in [7, 11) is 0. The fourth-order valence-corrected chi connectivity index (χ4v) is 2.94. The summed E-state index contributed by atoms with van der Waals surface area (Å²) in [5, 5.41) is 6.32. The van der Waals surface area contributed by atoms with E-state index in [1.165, 1.54) is 18.4 Å². The van der Waals surface area contributed by atoms with Gasteiger partial charge < -0.3 is 15.4 Å². The number of hydrogen-bond acceptors (Lipinski definition) is 3. The lowest BCUT2D eigenvalue weighted by atomic mass is 9.84. The summed E-state index contributed by atoms with van der Waals surface area (Å²) in [6.45, 7) is 7.48. The average Bonchev–Trinajstić information content (AvgIpc) is 2.54. The summed E-state index contributed by atoms with van der Waals surface area (Å²) < 4.78 is 5.61. The minimum absolute atomic E-state index is 0. The average molecular weight is 341 g/mol. The van der Waals surface area contributed by atoms with Crippen molar-refractivity contribution in [3.05, 3.63) is 29.8 Å². The molecule has 2 rings (SSSR count). The Morgan fingerprint density at radius 3 is 2.61 bits per heavy atom. The van der Waals surface area contributed by atoms with Crippen molar-refractivity contribution < 1.29 is 9.53 Å². The molecular weight excluding hydrogens is 312 g/mol. The second kappa shape index (κ2) is 10.5. The zero-order valence-electron chi connectivity index (χ0n) is 14.1. The van der Waals surface area contributed by atoms with E-state index in [0.29, 0.717) is 31.4 Å². The van der Waals surface area contributed by atoms with Crippen molar-refractivity contribution in [2.24, 2.45) is 11.8 Å². The van der Waals surface area contributed by atoms with Crippen molar-refractivity contribution in [3.63, 3.8) is 0 Å². The van der Waals surface area contributed by atoms with E-state index in [2.05, 4.69) is 17.6 Å². The van der Waals surface area contributed by atoms with Gasteiger partial charge in [0, 0.05) is 6.42 Å². The highest BCUT2D eigenvalue weighted by atomic mass is 35.5. The van der Waals surface area contributed by atoms with Crippen LogP contribution in [-0.4, -0.2) is 32.1 Å². The fourth-order valence-electron chi connectivity index (χ4n) is 2.94. The molecule has 0 bridgehead atoms. The SMILES string of the molecule is Cc1ccc(OCCNC(=O)CC(C)C2CCNCC2)cc1.Cl. The van der Waals surface area contributed by atoms with Crippen molar-refractivity contribution in [1.82, 2.24) is 10.6 Å². The van der Waals surface area contributed by atoms with E-state index in [1.54, 1.807) is 0 Å². The predicted molar refractivity (Wildman–Crippen MR) is 96.3 cm³/mol. The third kappa shape index (κ3) is 7.23. The zero-order chi connectivity index (χ0) is 15.8. The van der Waals surface area contributed by atoms with Crippen molar-refractivity contribution in [2.75, 3.05) is 26.2 Å². The van der Waals surface area contributed by atoms with Crippen LogP contribution in [0, 0.1) is 18.8 Å². The number of piperidine rings is 1.